The molecule has 0 bridgehead atoms. The van der Waals surface area contributed by atoms with Gasteiger partial charge in [0.25, 0.3) is 5.91 Å². The highest BCUT2D eigenvalue weighted by atomic mass is 16.5. The van der Waals surface area contributed by atoms with Gasteiger partial charge in [0, 0.05) is 12.1 Å². The summed E-state index contributed by atoms with van der Waals surface area (Å²) < 4.78 is 5.52. The third-order valence-corrected chi connectivity index (χ3v) is 5.93. The van der Waals surface area contributed by atoms with Gasteiger partial charge in [-0.1, -0.05) is 48.9 Å². The number of carbonyl (C=O) groups excluding carboxylic acids is 1. The average Bonchev–Trinajstić information content (AvgIpc) is 2.74. The fourth-order valence-electron chi connectivity index (χ4n) is 4.08. The van der Waals surface area contributed by atoms with Gasteiger partial charge >= 0.3 is 0 Å². The zero-order valence-electron chi connectivity index (χ0n) is 18.0. The van der Waals surface area contributed by atoms with Crippen LogP contribution in [-0.2, 0) is 11.3 Å². The third kappa shape index (κ3) is 6.31. The minimum Gasteiger partial charge on any atom is -0.496 e. The molecule has 1 heterocycles. The van der Waals surface area contributed by atoms with Crippen molar-refractivity contribution in [2.24, 2.45) is 0 Å². The number of hydrogen-bond donors (Lipinski definition) is 3. The smallest absolute Gasteiger partial charge is 0.275 e. The van der Waals surface area contributed by atoms with Gasteiger partial charge in [-0.25, -0.2) is 0 Å². The number of rotatable bonds is 8. The summed E-state index contributed by atoms with van der Waals surface area (Å²) in [5.41, 5.74) is 3.81. The van der Waals surface area contributed by atoms with Gasteiger partial charge in [0.1, 0.15) is 38.5 Å². The van der Waals surface area contributed by atoms with Crippen molar-refractivity contribution in [3.8, 4) is 5.75 Å². The van der Waals surface area contributed by atoms with E-state index in [-0.39, 0.29) is 5.91 Å². The lowest BCUT2D eigenvalue weighted by atomic mass is 10.0. The molecule has 2 aromatic carbocycles. The van der Waals surface area contributed by atoms with Crippen molar-refractivity contribution < 1.29 is 19.3 Å². The standard InChI is InChI=1S/C24H33N3O2/c1-19-9-10-23(29-3)22(15-19)17-26-11-13-27(14-12-26)18-24(28)25-16-20(2)21-7-5-4-6-8-21/h4-10,15,20H,11-14,16-18H2,1-3H3,(H,25,28)/p+2/t20-/m0/s1. The molecule has 0 unspecified atom stereocenters. The van der Waals surface area contributed by atoms with Crippen LogP contribution in [0.3, 0.4) is 0 Å². The topological polar surface area (TPSA) is 47.2 Å². The first kappa shape index (κ1) is 21.3. The van der Waals surface area contributed by atoms with Crippen molar-refractivity contribution in [1.82, 2.24) is 5.32 Å². The molecular weight excluding hydrogens is 362 g/mol. The Kier molecular flexibility index (Phi) is 7.67. The molecule has 29 heavy (non-hydrogen) atoms. The molecule has 156 valence electrons. The van der Waals surface area contributed by atoms with Crippen LogP contribution < -0.4 is 19.9 Å². The molecule has 1 aliphatic heterocycles. The van der Waals surface area contributed by atoms with E-state index in [1.165, 1.54) is 21.6 Å². The minimum atomic E-state index is 0.159. The van der Waals surface area contributed by atoms with E-state index in [1.807, 2.05) is 18.2 Å². The number of hydrogen-bond acceptors (Lipinski definition) is 2. The summed E-state index contributed by atoms with van der Waals surface area (Å²) in [4.78, 5) is 15.3. The van der Waals surface area contributed by atoms with Crippen molar-refractivity contribution >= 4 is 5.91 Å². The molecule has 0 saturated carbocycles. The number of methoxy groups -OCH3 is 1. The Balaban J connectivity index is 1.40. The lowest BCUT2D eigenvalue weighted by Gasteiger charge is -2.29. The molecule has 3 rings (SSSR count). The second kappa shape index (κ2) is 10.4. The van der Waals surface area contributed by atoms with E-state index in [2.05, 4.69) is 49.5 Å². The zero-order chi connectivity index (χ0) is 20.6. The molecule has 5 heteroatoms. The maximum Gasteiger partial charge on any atom is 0.275 e. The molecule has 1 fully saturated rings. The first-order valence-corrected chi connectivity index (χ1v) is 10.7. The van der Waals surface area contributed by atoms with Crippen molar-refractivity contribution in [2.75, 3.05) is 46.4 Å². The summed E-state index contributed by atoms with van der Waals surface area (Å²) in [6.07, 6.45) is 0. The molecule has 0 spiro atoms. The van der Waals surface area contributed by atoms with Crippen LogP contribution in [0.5, 0.6) is 5.75 Å². The van der Waals surface area contributed by atoms with Crippen molar-refractivity contribution in [3.05, 3.63) is 65.2 Å². The highest BCUT2D eigenvalue weighted by Crippen LogP contribution is 2.18. The molecule has 5 nitrogen and oxygen atoms in total. The Hall–Kier alpha value is -2.37. The van der Waals surface area contributed by atoms with Crippen LogP contribution in [0.15, 0.2) is 48.5 Å². The summed E-state index contributed by atoms with van der Waals surface area (Å²) >= 11 is 0. The Morgan fingerprint density at radius 1 is 1.07 bits per heavy atom. The number of piperazine rings is 1. The average molecular weight is 398 g/mol. The number of ether oxygens (including phenoxy) is 1. The van der Waals surface area contributed by atoms with Gasteiger partial charge in [-0.05, 0) is 30.5 Å². The third-order valence-electron chi connectivity index (χ3n) is 5.93. The predicted molar refractivity (Wildman–Crippen MR) is 116 cm³/mol. The van der Waals surface area contributed by atoms with Crippen LogP contribution in [-0.4, -0.2) is 52.3 Å². The fourth-order valence-corrected chi connectivity index (χ4v) is 4.08. The largest absolute Gasteiger partial charge is 0.496 e. The van der Waals surface area contributed by atoms with E-state index in [9.17, 15) is 4.79 Å². The second-order valence-corrected chi connectivity index (χ2v) is 8.28. The predicted octanol–water partition coefficient (Wildman–Crippen LogP) is 0.207. The maximum absolute atomic E-state index is 12.4. The number of benzene rings is 2. The van der Waals surface area contributed by atoms with E-state index in [1.54, 1.807) is 12.0 Å². The summed E-state index contributed by atoms with van der Waals surface area (Å²) in [7, 11) is 1.74. The Morgan fingerprint density at radius 2 is 1.76 bits per heavy atom. The van der Waals surface area contributed by atoms with Crippen LogP contribution in [0.1, 0.15) is 29.5 Å². The van der Waals surface area contributed by atoms with E-state index < -0.39 is 0 Å². The first-order chi connectivity index (χ1) is 14.0. The Morgan fingerprint density at radius 3 is 2.45 bits per heavy atom. The maximum atomic E-state index is 12.4. The second-order valence-electron chi connectivity index (χ2n) is 8.28. The van der Waals surface area contributed by atoms with Crippen LogP contribution in [0.25, 0.3) is 0 Å². The van der Waals surface area contributed by atoms with Crippen LogP contribution in [0.2, 0.25) is 0 Å². The van der Waals surface area contributed by atoms with Crippen molar-refractivity contribution in [2.45, 2.75) is 26.3 Å². The monoisotopic (exact) mass is 397 g/mol. The van der Waals surface area contributed by atoms with Crippen LogP contribution in [0.4, 0.5) is 0 Å². The van der Waals surface area contributed by atoms with E-state index in [0.717, 1.165) is 38.5 Å². The highest BCUT2D eigenvalue weighted by Gasteiger charge is 2.25. The van der Waals surface area contributed by atoms with Crippen LogP contribution in [0, 0.1) is 6.92 Å². The fraction of sp³-hybridized carbons (Fsp3) is 0.458. The Labute approximate surface area is 174 Å². The molecule has 3 N–H and O–H groups in total. The number of amides is 1. The first-order valence-electron chi connectivity index (χ1n) is 10.7. The van der Waals surface area contributed by atoms with Gasteiger partial charge in [-0.15, -0.1) is 0 Å². The summed E-state index contributed by atoms with van der Waals surface area (Å²) in [6.45, 7) is 10.8. The normalized spacial score (nSPS) is 20.1. The summed E-state index contributed by atoms with van der Waals surface area (Å²) in [6, 6.07) is 16.7. The number of nitrogens with one attached hydrogen (secondary N) is 3. The molecule has 0 aliphatic carbocycles. The zero-order valence-corrected chi connectivity index (χ0v) is 18.0. The minimum absolute atomic E-state index is 0.159. The quantitative estimate of drug-likeness (QED) is 0.596. The molecule has 1 saturated heterocycles. The lowest BCUT2D eigenvalue weighted by molar-refractivity contribution is -1.02. The lowest BCUT2D eigenvalue weighted by Crippen LogP contribution is -3.28. The Bertz CT molecular complexity index is 786. The summed E-state index contributed by atoms with van der Waals surface area (Å²) in [5, 5.41) is 3.12. The van der Waals surface area contributed by atoms with Gasteiger partial charge in [-0.2, -0.15) is 0 Å². The van der Waals surface area contributed by atoms with Gasteiger partial charge in [0.15, 0.2) is 6.54 Å². The van der Waals surface area contributed by atoms with Gasteiger partial charge in [0.05, 0.1) is 7.11 Å². The van der Waals surface area contributed by atoms with E-state index >= 15 is 0 Å². The van der Waals surface area contributed by atoms with Gasteiger partial charge < -0.3 is 19.9 Å². The molecule has 0 radical (unpaired) electrons. The van der Waals surface area contributed by atoms with Gasteiger partial charge in [-0.3, -0.25) is 4.79 Å². The number of carbonyl (C=O) groups is 1. The van der Waals surface area contributed by atoms with Crippen molar-refractivity contribution in [1.29, 1.82) is 0 Å². The molecule has 1 atom stereocenters. The highest BCUT2D eigenvalue weighted by molar-refractivity contribution is 5.76. The molecule has 1 aliphatic rings. The number of aryl methyl sites for hydroxylation is 1. The summed E-state index contributed by atoms with van der Waals surface area (Å²) in [5.74, 6) is 1.47. The molecule has 1 amide bonds. The SMILES string of the molecule is COc1ccc(C)cc1C[NH+]1CC[NH+](CC(=O)NC[C@H](C)c2ccccc2)CC1. The number of quaternary nitrogens is 2. The molecular formula is C24H35N3O2+2. The van der Waals surface area contributed by atoms with Gasteiger partial charge in [0.2, 0.25) is 0 Å². The van der Waals surface area contributed by atoms with E-state index in [0.29, 0.717) is 19.0 Å². The van der Waals surface area contributed by atoms with Crippen molar-refractivity contribution in [3.63, 3.8) is 0 Å². The van der Waals surface area contributed by atoms with Crippen LogP contribution >= 0.6 is 0 Å². The van der Waals surface area contributed by atoms with E-state index in [4.69, 9.17) is 4.74 Å². The molecule has 2 aromatic rings. The molecule has 0 aromatic heterocycles.